The SMILES string of the molecule is CCN(C(=O)c1ccc(NC)cc1)c1ccncc1. The molecule has 0 fully saturated rings. The van der Waals surface area contributed by atoms with Crippen LogP contribution in [0, 0.1) is 0 Å². The van der Waals surface area contributed by atoms with Crippen molar-refractivity contribution < 1.29 is 4.79 Å². The summed E-state index contributed by atoms with van der Waals surface area (Å²) in [5.41, 5.74) is 2.53. The van der Waals surface area contributed by atoms with Gasteiger partial charge in [0.2, 0.25) is 0 Å². The van der Waals surface area contributed by atoms with E-state index in [0.717, 1.165) is 11.4 Å². The number of nitrogens with zero attached hydrogens (tertiary/aromatic N) is 2. The summed E-state index contributed by atoms with van der Waals surface area (Å²) in [7, 11) is 1.85. The quantitative estimate of drug-likeness (QED) is 0.913. The van der Waals surface area contributed by atoms with Crippen LogP contribution in [0.1, 0.15) is 17.3 Å². The Kier molecular flexibility index (Phi) is 4.13. The zero-order chi connectivity index (χ0) is 13.7. The van der Waals surface area contributed by atoms with Crippen LogP contribution in [-0.4, -0.2) is 24.5 Å². The molecule has 1 amide bonds. The first kappa shape index (κ1) is 13.1. The number of carbonyl (C=O) groups is 1. The second-order valence-corrected chi connectivity index (χ2v) is 4.08. The lowest BCUT2D eigenvalue weighted by molar-refractivity contribution is 0.0988. The molecule has 4 heteroatoms. The van der Waals surface area contributed by atoms with Crippen LogP contribution in [0.4, 0.5) is 11.4 Å². The van der Waals surface area contributed by atoms with Crippen molar-refractivity contribution >= 4 is 17.3 Å². The van der Waals surface area contributed by atoms with Crippen molar-refractivity contribution in [2.45, 2.75) is 6.92 Å². The van der Waals surface area contributed by atoms with Crippen LogP contribution in [-0.2, 0) is 0 Å². The summed E-state index contributed by atoms with van der Waals surface area (Å²) in [4.78, 5) is 18.2. The van der Waals surface area contributed by atoms with E-state index in [1.54, 1.807) is 17.3 Å². The molecule has 1 aromatic heterocycles. The number of hydrogen-bond acceptors (Lipinski definition) is 3. The molecular weight excluding hydrogens is 238 g/mol. The van der Waals surface area contributed by atoms with Gasteiger partial charge in [0.1, 0.15) is 0 Å². The van der Waals surface area contributed by atoms with Crippen molar-refractivity contribution in [3.8, 4) is 0 Å². The lowest BCUT2D eigenvalue weighted by atomic mass is 10.1. The highest BCUT2D eigenvalue weighted by atomic mass is 16.2. The summed E-state index contributed by atoms with van der Waals surface area (Å²) in [5.74, 6) is -0.00338. The molecule has 0 saturated carbocycles. The summed E-state index contributed by atoms with van der Waals surface area (Å²) in [6.07, 6.45) is 3.38. The third-order valence-electron chi connectivity index (χ3n) is 2.96. The molecule has 0 unspecified atom stereocenters. The fourth-order valence-corrected chi connectivity index (χ4v) is 1.90. The number of nitrogens with one attached hydrogen (secondary N) is 1. The standard InChI is InChI=1S/C15H17N3O/c1-3-18(14-8-10-17-11-9-14)15(19)12-4-6-13(16-2)7-5-12/h4-11,16H,3H2,1-2H3. The molecule has 0 atom stereocenters. The summed E-state index contributed by atoms with van der Waals surface area (Å²) < 4.78 is 0. The molecule has 4 nitrogen and oxygen atoms in total. The fourth-order valence-electron chi connectivity index (χ4n) is 1.90. The molecule has 0 spiro atoms. The Labute approximate surface area is 113 Å². The minimum absolute atomic E-state index is 0.00338. The Hall–Kier alpha value is -2.36. The van der Waals surface area contributed by atoms with Gasteiger partial charge in [-0.3, -0.25) is 9.78 Å². The van der Waals surface area contributed by atoms with Gasteiger partial charge in [0.05, 0.1) is 0 Å². The molecule has 98 valence electrons. The first-order valence-corrected chi connectivity index (χ1v) is 6.26. The molecule has 2 aromatic rings. The van der Waals surface area contributed by atoms with E-state index in [2.05, 4.69) is 10.3 Å². The molecule has 19 heavy (non-hydrogen) atoms. The van der Waals surface area contributed by atoms with Crippen molar-refractivity contribution in [3.05, 3.63) is 54.4 Å². The second kappa shape index (κ2) is 6.00. The van der Waals surface area contributed by atoms with Gasteiger partial charge in [-0.05, 0) is 43.3 Å². The van der Waals surface area contributed by atoms with Gasteiger partial charge in [-0.25, -0.2) is 0 Å². The van der Waals surface area contributed by atoms with Crippen molar-refractivity contribution in [3.63, 3.8) is 0 Å². The van der Waals surface area contributed by atoms with E-state index in [1.165, 1.54) is 0 Å². The van der Waals surface area contributed by atoms with E-state index in [9.17, 15) is 4.79 Å². The summed E-state index contributed by atoms with van der Waals surface area (Å²) in [5, 5.41) is 3.03. The monoisotopic (exact) mass is 255 g/mol. The lowest BCUT2D eigenvalue weighted by Crippen LogP contribution is -2.30. The van der Waals surface area contributed by atoms with Crippen LogP contribution < -0.4 is 10.2 Å². The molecule has 0 radical (unpaired) electrons. The van der Waals surface area contributed by atoms with Crippen molar-refractivity contribution in [2.75, 3.05) is 23.8 Å². The number of aromatic nitrogens is 1. The Bertz CT molecular complexity index is 537. The minimum Gasteiger partial charge on any atom is -0.388 e. The number of amides is 1. The van der Waals surface area contributed by atoms with Gasteiger partial charge in [-0.15, -0.1) is 0 Å². The van der Waals surface area contributed by atoms with Gasteiger partial charge in [0.15, 0.2) is 0 Å². The predicted molar refractivity (Wildman–Crippen MR) is 77.6 cm³/mol. The van der Waals surface area contributed by atoms with E-state index in [0.29, 0.717) is 12.1 Å². The number of anilines is 2. The number of pyridine rings is 1. The molecule has 0 bridgehead atoms. The van der Waals surface area contributed by atoms with Crippen LogP contribution in [0.15, 0.2) is 48.8 Å². The Morgan fingerprint density at radius 3 is 2.32 bits per heavy atom. The van der Waals surface area contributed by atoms with Crippen LogP contribution in [0.25, 0.3) is 0 Å². The average Bonchev–Trinajstić information content (AvgIpc) is 2.49. The third-order valence-corrected chi connectivity index (χ3v) is 2.96. The third kappa shape index (κ3) is 2.91. The highest BCUT2D eigenvalue weighted by Crippen LogP contribution is 2.17. The van der Waals surface area contributed by atoms with Gasteiger partial charge in [-0.1, -0.05) is 0 Å². The predicted octanol–water partition coefficient (Wildman–Crippen LogP) is 2.79. The van der Waals surface area contributed by atoms with Gasteiger partial charge in [-0.2, -0.15) is 0 Å². The second-order valence-electron chi connectivity index (χ2n) is 4.08. The van der Waals surface area contributed by atoms with E-state index in [-0.39, 0.29) is 5.91 Å². The summed E-state index contributed by atoms with van der Waals surface area (Å²) in [6.45, 7) is 2.58. The van der Waals surface area contributed by atoms with Gasteiger partial charge >= 0.3 is 0 Å². The lowest BCUT2D eigenvalue weighted by Gasteiger charge is -2.21. The zero-order valence-electron chi connectivity index (χ0n) is 11.1. The molecule has 1 N–H and O–H groups in total. The zero-order valence-corrected chi connectivity index (χ0v) is 11.1. The highest BCUT2D eigenvalue weighted by Gasteiger charge is 2.15. The molecule has 0 aliphatic heterocycles. The van der Waals surface area contributed by atoms with Crippen LogP contribution in [0.3, 0.4) is 0 Å². The topological polar surface area (TPSA) is 45.2 Å². The molecular formula is C15H17N3O. The van der Waals surface area contributed by atoms with Crippen molar-refractivity contribution in [1.29, 1.82) is 0 Å². The smallest absolute Gasteiger partial charge is 0.258 e. The minimum atomic E-state index is -0.00338. The fraction of sp³-hybridized carbons (Fsp3) is 0.200. The first-order chi connectivity index (χ1) is 9.26. The number of hydrogen-bond donors (Lipinski definition) is 1. The maximum atomic E-state index is 12.5. The number of carbonyl (C=O) groups excluding carboxylic acids is 1. The Morgan fingerprint density at radius 1 is 1.16 bits per heavy atom. The molecule has 0 saturated heterocycles. The van der Waals surface area contributed by atoms with Gasteiger partial charge in [0, 0.05) is 42.9 Å². The first-order valence-electron chi connectivity index (χ1n) is 6.26. The summed E-state index contributed by atoms with van der Waals surface area (Å²) in [6, 6.07) is 11.1. The number of benzene rings is 1. The molecule has 1 aromatic carbocycles. The van der Waals surface area contributed by atoms with E-state index in [4.69, 9.17) is 0 Å². The van der Waals surface area contributed by atoms with Crippen LogP contribution in [0.2, 0.25) is 0 Å². The van der Waals surface area contributed by atoms with Gasteiger partial charge in [0.25, 0.3) is 5.91 Å². The Morgan fingerprint density at radius 2 is 1.79 bits per heavy atom. The molecule has 0 aliphatic rings. The molecule has 2 rings (SSSR count). The largest absolute Gasteiger partial charge is 0.388 e. The maximum Gasteiger partial charge on any atom is 0.258 e. The van der Waals surface area contributed by atoms with Crippen LogP contribution >= 0.6 is 0 Å². The average molecular weight is 255 g/mol. The highest BCUT2D eigenvalue weighted by molar-refractivity contribution is 6.06. The maximum absolute atomic E-state index is 12.5. The van der Waals surface area contributed by atoms with Gasteiger partial charge < -0.3 is 10.2 Å². The van der Waals surface area contributed by atoms with E-state index in [1.807, 2.05) is 50.4 Å². The summed E-state index contributed by atoms with van der Waals surface area (Å²) >= 11 is 0. The van der Waals surface area contributed by atoms with Crippen molar-refractivity contribution in [1.82, 2.24) is 4.98 Å². The normalized spacial score (nSPS) is 10.0. The molecule has 0 aliphatic carbocycles. The van der Waals surface area contributed by atoms with E-state index >= 15 is 0 Å². The molecule has 1 heterocycles. The van der Waals surface area contributed by atoms with Crippen molar-refractivity contribution in [2.24, 2.45) is 0 Å². The van der Waals surface area contributed by atoms with E-state index < -0.39 is 0 Å². The van der Waals surface area contributed by atoms with Crippen LogP contribution in [0.5, 0.6) is 0 Å². The Balaban J connectivity index is 2.25. The number of rotatable bonds is 4.